The lowest BCUT2D eigenvalue weighted by Gasteiger charge is -2.20. The van der Waals surface area contributed by atoms with Gasteiger partial charge in [-0.3, -0.25) is 4.79 Å². The van der Waals surface area contributed by atoms with E-state index in [2.05, 4.69) is 5.32 Å². The number of nitrogens with one attached hydrogen (secondary N) is 1. The van der Waals surface area contributed by atoms with Gasteiger partial charge in [0, 0.05) is 6.54 Å². The highest BCUT2D eigenvalue weighted by atomic mass is 16.5. The van der Waals surface area contributed by atoms with Gasteiger partial charge in [-0.2, -0.15) is 0 Å². The number of rotatable bonds is 9. The minimum atomic E-state index is -0.491. The second-order valence-electron chi connectivity index (χ2n) is 5.08. The molecule has 1 aromatic rings. The van der Waals surface area contributed by atoms with Gasteiger partial charge in [0.15, 0.2) is 0 Å². The van der Waals surface area contributed by atoms with Crippen molar-refractivity contribution >= 4 is 11.6 Å². The monoisotopic (exact) mass is 294 g/mol. The van der Waals surface area contributed by atoms with E-state index in [9.17, 15) is 9.90 Å². The van der Waals surface area contributed by atoms with Crippen LogP contribution in [0.5, 0.6) is 5.75 Å². The molecule has 0 saturated carbocycles. The van der Waals surface area contributed by atoms with Crippen LogP contribution in [-0.2, 0) is 4.79 Å². The molecule has 0 bridgehead atoms. The van der Waals surface area contributed by atoms with Crippen LogP contribution in [-0.4, -0.2) is 30.3 Å². The van der Waals surface area contributed by atoms with Crippen LogP contribution in [0.25, 0.3) is 0 Å². The zero-order chi connectivity index (χ0) is 15.7. The van der Waals surface area contributed by atoms with Gasteiger partial charge in [0.25, 0.3) is 0 Å². The average Bonchev–Trinajstić information content (AvgIpc) is 2.48. The van der Waals surface area contributed by atoms with E-state index in [-0.39, 0.29) is 24.9 Å². The summed E-state index contributed by atoms with van der Waals surface area (Å²) in [6, 6.07) is 7.18. The summed E-state index contributed by atoms with van der Waals surface area (Å²) in [7, 11) is 0. The number of para-hydroxylation sites is 2. The Balaban J connectivity index is 2.24. The lowest BCUT2D eigenvalue weighted by molar-refractivity contribution is -0.122. The molecule has 5 nitrogen and oxygen atoms in total. The zero-order valence-electron chi connectivity index (χ0n) is 12.8. The van der Waals surface area contributed by atoms with Crippen LogP contribution in [0, 0.1) is 5.92 Å². The summed E-state index contributed by atoms with van der Waals surface area (Å²) in [5, 5.41) is 12.7. The Morgan fingerprint density at radius 2 is 2.00 bits per heavy atom. The molecule has 0 aliphatic rings. The smallest absolute Gasteiger partial charge is 0.223 e. The van der Waals surface area contributed by atoms with E-state index < -0.39 is 6.10 Å². The van der Waals surface area contributed by atoms with Crippen LogP contribution >= 0.6 is 0 Å². The lowest BCUT2D eigenvalue weighted by atomic mass is 9.96. The van der Waals surface area contributed by atoms with Crippen LogP contribution in [0.2, 0.25) is 0 Å². The van der Waals surface area contributed by atoms with Gasteiger partial charge in [-0.1, -0.05) is 38.8 Å². The molecule has 1 amide bonds. The molecule has 0 aromatic heterocycles. The van der Waals surface area contributed by atoms with E-state index in [1.807, 2.05) is 26.0 Å². The minimum absolute atomic E-state index is 0.130. The average molecular weight is 294 g/mol. The Morgan fingerprint density at radius 3 is 2.62 bits per heavy atom. The molecule has 0 aliphatic heterocycles. The first kappa shape index (κ1) is 17.3. The molecule has 0 fully saturated rings. The normalized spacial score (nSPS) is 12.2. The lowest BCUT2D eigenvalue weighted by Crippen LogP contribution is -2.36. The Bertz CT molecular complexity index is 433. The highest BCUT2D eigenvalue weighted by molar-refractivity contribution is 5.76. The maximum atomic E-state index is 11.7. The molecule has 1 rings (SSSR count). The summed E-state index contributed by atoms with van der Waals surface area (Å²) in [5.41, 5.74) is 6.30. The molecular formula is C16H26N2O3. The molecule has 118 valence electrons. The molecule has 1 aromatic carbocycles. The standard InChI is InChI=1S/C16H26N2O3/c1-3-12(4-2)14(19)11-18-16(20)9-10-21-15-8-6-5-7-13(15)17/h5-8,12,14,19H,3-4,9-11,17H2,1-2H3,(H,18,20). The van der Waals surface area contributed by atoms with Crippen molar-refractivity contribution in [1.82, 2.24) is 5.32 Å². The minimum Gasteiger partial charge on any atom is -0.491 e. The van der Waals surface area contributed by atoms with Gasteiger partial charge in [-0.15, -0.1) is 0 Å². The number of hydrogen-bond acceptors (Lipinski definition) is 4. The number of ether oxygens (including phenoxy) is 1. The summed E-state index contributed by atoms with van der Waals surface area (Å²) in [5.74, 6) is 0.683. The van der Waals surface area contributed by atoms with Crippen molar-refractivity contribution in [3.63, 3.8) is 0 Å². The highest BCUT2D eigenvalue weighted by Gasteiger charge is 2.16. The van der Waals surface area contributed by atoms with Crippen LogP contribution < -0.4 is 15.8 Å². The van der Waals surface area contributed by atoms with Gasteiger partial charge < -0.3 is 20.9 Å². The summed E-state index contributed by atoms with van der Waals surface area (Å²) < 4.78 is 5.46. The predicted octanol–water partition coefficient (Wildman–Crippen LogP) is 1.95. The third-order valence-electron chi connectivity index (χ3n) is 3.61. The summed E-state index contributed by atoms with van der Waals surface area (Å²) in [6.45, 7) is 4.63. The van der Waals surface area contributed by atoms with Crippen LogP contribution in [0.15, 0.2) is 24.3 Å². The molecule has 0 saturated heterocycles. The van der Waals surface area contributed by atoms with E-state index >= 15 is 0 Å². The fourth-order valence-electron chi connectivity index (χ4n) is 2.17. The van der Waals surface area contributed by atoms with E-state index in [1.54, 1.807) is 12.1 Å². The maximum Gasteiger partial charge on any atom is 0.223 e. The molecule has 1 unspecified atom stereocenters. The zero-order valence-corrected chi connectivity index (χ0v) is 12.8. The van der Waals surface area contributed by atoms with Gasteiger partial charge in [0.1, 0.15) is 5.75 Å². The van der Waals surface area contributed by atoms with Gasteiger partial charge in [0.05, 0.1) is 24.8 Å². The molecule has 5 heteroatoms. The number of aliphatic hydroxyl groups excluding tert-OH is 1. The van der Waals surface area contributed by atoms with Crippen molar-refractivity contribution < 1.29 is 14.6 Å². The molecule has 4 N–H and O–H groups in total. The van der Waals surface area contributed by atoms with Crippen LogP contribution in [0.4, 0.5) is 5.69 Å². The van der Waals surface area contributed by atoms with Crippen molar-refractivity contribution in [3.05, 3.63) is 24.3 Å². The van der Waals surface area contributed by atoms with E-state index in [1.165, 1.54) is 0 Å². The Morgan fingerprint density at radius 1 is 1.33 bits per heavy atom. The number of aliphatic hydroxyl groups is 1. The Labute approximate surface area is 126 Å². The first-order chi connectivity index (χ1) is 10.1. The molecule has 0 aliphatic carbocycles. The summed E-state index contributed by atoms with van der Waals surface area (Å²) >= 11 is 0. The second-order valence-corrected chi connectivity index (χ2v) is 5.08. The third kappa shape index (κ3) is 6.04. The Hall–Kier alpha value is -1.75. The number of nitrogen functional groups attached to an aromatic ring is 1. The number of nitrogens with two attached hydrogens (primary N) is 1. The van der Waals surface area contributed by atoms with E-state index in [0.29, 0.717) is 18.0 Å². The molecule has 21 heavy (non-hydrogen) atoms. The van der Waals surface area contributed by atoms with Crippen LogP contribution in [0.3, 0.4) is 0 Å². The first-order valence-corrected chi connectivity index (χ1v) is 7.50. The van der Waals surface area contributed by atoms with Crippen molar-refractivity contribution in [3.8, 4) is 5.75 Å². The Kier molecular flexibility index (Phi) is 7.61. The van der Waals surface area contributed by atoms with Crippen molar-refractivity contribution in [2.24, 2.45) is 5.92 Å². The second kappa shape index (κ2) is 9.23. The number of carbonyl (C=O) groups is 1. The topological polar surface area (TPSA) is 84.6 Å². The summed E-state index contributed by atoms with van der Waals surface area (Å²) in [4.78, 5) is 11.7. The summed E-state index contributed by atoms with van der Waals surface area (Å²) in [6.07, 6.45) is 1.56. The van der Waals surface area contributed by atoms with Gasteiger partial charge >= 0.3 is 0 Å². The SMILES string of the molecule is CCC(CC)C(O)CNC(=O)CCOc1ccccc1N. The number of benzene rings is 1. The molecule has 0 radical (unpaired) electrons. The molecule has 0 heterocycles. The predicted molar refractivity (Wildman–Crippen MR) is 84.1 cm³/mol. The van der Waals surface area contributed by atoms with Gasteiger partial charge in [-0.05, 0) is 18.1 Å². The quantitative estimate of drug-likeness (QED) is 0.608. The third-order valence-corrected chi connectivity index (χ3v) is 3.61. The first-order valence-electron chi connectivity index (χ1n) is 7.50. The number of anilines is 1. The van der Waals surface area contributed by atoms with Crippen molar-refractivity contribution in [2.75, 3.05) is 18.9 Å². The number of amides is 1. The molecule has 1 atom stereocenters. The van der Waals surface area contributed by atoms with E-state index in [0.717, 1.165) is 12.8 Å². The van der Waals surface area contributed by atoms with Crippen LogP contribution in [0.1, 0.15) is 33.1 Å². The fourth-order valence-corrected chi connectivity index (χ4v) is 2.17. The van der Waals surface area contributed by atoms with Gasteiger partial charge in [0.2, 0.25) is 5.91 Å². The number of carbonyl (C=O) groups excluding carboxylic acids is 1. The maximum absolute atomic E-state index is 11.7. The molecule has 0 spiro atoms. The highest BCUT2D eigenvalue weighted by Crippen LogP contribution is 2.19. The largest absolute Gasteiger partial charge is 0.491 e. The molecular weight excluding hydrogens is 268 g/mol. The van der Waals surface area contributed by atoms with Crippen molar-refractivity contribution in [1.29, 1.82) is 0 Å². The van der Waals surface area contributed by atoms with Crippen molar-refractivity contribution in [2.45, 2.75) is 39.2 Å². The fraction of sp³-hybridized carbons (Fsp3) is 0.562. The van der Waals surface area contributed by atoms with Gasteiger partial charge in [-0.25, -0.2) is 0 Å². The number of hydrogen-bond donors (Lipinski definition) is 3. The van der Waals surface area contributed by atoms with E-state index in [4.69, 9.17) is 10.5 Å².